The lowest BCUT2D eigenvalue weighted by atomic mass is 10.2. The molecule has 24 heavy (non-hydrogen) atoms. The molecule has 2 aromatic heterocycles. The predicted octanol–water partition coefficient (Wildman–Crippen LogP) is 2.11. The molecule has 0 unspecified atom stereocenters. The topological polar surface area (TPSA) is 72.4 Å². The van der Waals surface area contributed by atoms with Gasteiger partial charge in [-0.2, -0.15) is 4.98 Å². The first-order chi connectivity index (χ1) is 11.6. The number of morpholine rings is 1. The lowest BCUT2D eigenvalue weighted by Gasteiger charge is -2.36. The molecule has 0 amide bonds. The lowest BCUT2D eigenvalue weighted by Crippen LogP contribution is -2.45. The van der Waals surface area contributed by atoms with Crippen LogP contribution in [0.2, 0.25) is 0 Å². The van der Waals surface area contributed by atoms with Crippen LogP contribution < -0.4 is 15.0 Å². The van der Waals surface area contributed by atoms with E-state index in [9.17, 15) is 0 Å². The fraction of sp³-hybridized carbons (Fsp3) is 0.471. The summed E-state index contributed by atoms with van der Waals surface area (Å²) in [7, 11) is 1.59. The van der Waals surface area contributed by atoms with Crippen LogP contribution in [0.1, 0.15) is 19.4 Å². The molecule has 0 aromatic carbocycles. The van der Waals surface area contributed by atoms with Crippen LogP contribution in [0, 0.1) is 0 Å². The predicted molar refractivity (Wildman–Crippen MR) is 92.4 cm³/mol. The van der Waals surface area contributed by atoms with Crippen LogP contribution in [0.25, 0.3) is 0 Å². The average molecular weight is 329 g/mol. The number of aromatic nitrogens is 3. The highest BCUT2D eigenvalue weighted by Gasteiger charge is 2.22. The maximum Gasteiger partial charge on any atom is 0.226 e. The van der Waals surface area contributed by atoms with Crippen molar-refractivity contribution in [2.24, 2.45) is 0 Å². The number of methoxy groups -OCH3 is 1. The van der Waals surface area contributed by atoms with E-state index in [1.54, 1.807) is 19.4 Å². The quantitative estimate of drug-likeness (QED) is 0.900. The number of ether oxygens (including phenoxy) is 2. The minimum absolute atomic E-state index is 0.224. The van der Waals surface area contributed by atoms with Gasteiger partial charge >= 0.3 is 0 Å². The van der Waals surface area contributed by atoms with Crippen LogP contribution in [0.15, 0.2) is 30.6 Å². The van der Waals surface area contributed by atoms with Crippen LogP contribution in [-0.2, 0) is 11.3 Å². The Balaban J connectivity index is 1.60. The summed E-state index contributed by atoms with van der Waals surface area (Å²) in [5, 5.41) is 3.17. The molecular weight excluding hydrogens is 306 g/mol. The van der Waals surface area contributed by atoms with Gasteiger partial charge in [0, 0.05) is 38.1 Å². The minimum Gasteiger partial charge on any atom is -0.481 e. The van der Waals surface area contributed by atoms with E-state index in [2.05, 4.69) is 45.1 Å². The van der Waals surface area contributed by atoms with Gasteiger partial charge in [0.2, 0.25) is 11.8 Å². The maximum absolute atomic E-state index is 5.76. The Morgan fingerprint density at radius 2 is 2.00 bits per heavy atom. The zero-order valence-electron chi connectivity index (χ0n) is 14.3. The number of nitrogens with one attached hydrogen (secondary N) is 1. The Kier molecular flexibility index (Phi) is 5.10. The molecule has 1 aliphatic heterocycles. The first kappa shape index (κ1) is 16.4. The van der Waals surface area contributed by atoms with Gasteiger partial charge in [0.1, 0.15) is 5.82 Å². The van der Waals surface area contributed by atoms with E-state index in [1.165, 1.54) is 0 Å². The van der Waals surface area contributed by atoms with Crippen molar-refractivity contribution in [2.75, 3.05) is 30.4 Å². The van der Waals surface area contributed by atoms with E-state index in [4.69, 9.17) is 9.47 Å². The number of rotatable bonds is 5. The highest BCUT2D eigenvalue weighted by Crippen LogP contribution is 2.18. The van der Waals surface area contributed by atoms with Gasteiger partial charge in [-0.25, -0.2) is 9.97 Å². The largest absolute Gasteiger partial charge is 0.481 e. The van der Waals surface area contributed by atoms with Gasteiger partial charge < -0.3 is 19.7 Å². The van der Waals surface area contributed by atoms with E-state index in [0.717, 1.165) is 24.5 Å². The molecule has 128 valence electrons. The third-order valence-electron chi connectivity index (χ3n) is 3.84. The van der Waals surface area contributed by atoms with Crippen LogP contribution >= 0.6 is 0 Å². The molecule has 3 rings (SSSR count). The molecule has 0 saturated carbocycles. The van der Waals surface area contributed by atoms with E-state index in [-0.39, 0.29) is 12.2 Å². The number of pyridine rings is 1. The normalized spacial score (nSPS) is 20.7. The highest BCUT2D eigenvalue weighted by molar-refractivity contribution is 5.41. The van der Waals surface area contributed by atoms with Gasteiger partial charge in [-0.05, 0) is 25.5 Å². The van der Waals surface area contributed by atoms with Crippen molar-refractivity contribution in [3.63, 3.8) is 0 Å². The fourth-order valence-corrected chi connectivity index (χ4v) is 2.80. The standard InChI is InChI=1S/C17H23N5O2/c1-12-10-22(11-13(2)24-12)15-5-4-14(8-19-15)9-20-17-18-7-6-16(21-17)23-3/h4-8,12-13H,9-11H2,1-3H3,(H,18,20,21)/t12-,13-/m0/s1. The molecule has 1 aliphatic rings. The number of hydrogen-bond donors (Lipinski definition) is 1. The van der Waals surface area contributed by atoms with Crippen LogP contribution in [0.3, 0.4) is 0 Å². The fourth-order valence-electron chi connectivity index (χ4n) is 2.80. The number of hydrogen-bond acceptors (Lipinski definition) is 7. The van der Waals surface area contributed by atoms with Crippen LogP contribution in [0.5, 0.6) is 5.88 Å². The number of anilines is 2. The molecular formula is C17H23N5O2. The molecule has 1 N–H and O–H groups in total. The molecule has 0 radical (unpaired) electrons. The summed E-state index contributed by atoms with van der Waals surface area (Å²) in [4.78, 5) is 15.2. The molecule has 1 fully saturated rings. The van der Waals surface area contributed by atoms with E-state index < -0.39 is 0 Å². The Hall–Kier alpha value is -2.41. The molecule has 3 heterocycles. The van der Waals surface area contributed by atoms with Crippen molar-refractivity contribution in [3.05, 3.63) is 36.2 Å². The van der Waals surface area contributed by atoms with Crippen molar-refractivity contribution in [1.82, 2.24) is 15.0 Å². The molecule has 1 saturated heterocycles. The maximum atomic E-state index is 5.76. The Labute approximate surface area is 142 Å². The van der Waals surface area contributed by atoms with Gasteiger partial charge in [0.05, 0.1) is 19.3 Å². The smallest absolute Gasteiger partial charge is 0.226 e. The van der Waals surface area contributed by atoms with Crippen LogP contribution in [0.4, 0.5) is 11.8 Å². The van der Waals surface area contributed by atoms with E-state index in [0.29, 0.717) is 18.4 Å². The summed E-state index contributed by atoms with van der Waals surface area (Å²) in [5.41, 5.74) is 1.07. The zero-order chi connectivity index (χ0) is 16.9. The SMILES string of the molecule is COc1ccnc(NCc2ccc(N3C[C@H](C)O[C@@H](C)C3)nc2)n1. The summed E-state index contributed by atoms with van der Waals surface area (Å²) >= 11 is 0. The second kappa shape index (κ2) is 7.44. The summed E-state index contributed by atoms with van der Waals surface area (Å²) < 4.78 is 10.9. The summed E-state index contributed by atoms with van der Waals surface area (Å²) in [6.45, 7) is 6.53. The van der Waals surface area contributed by atoms with Gasteiger partial charge in [0.15, 0.2) is 0 Å². The van der Waals surface area contributed by atoms with Crippen LogP contribution in [-0.4, -0.2) is 47.4 Å². The van der Waals surface area contributed by atoms with Gasteiger partial charge in [0.25, 0.3) is 0 Å². The first-order valence-electron chi connectivity index (χ1n) is 8.10. The molecule has 0 bridgehead atoms. The molecule has 2 aromatic rings. The van der Waals surface area contributed by atoms with Gasteiger partial charge in [-0.3, -0.25) is 0 Å². The Morgan fingerprint density at radius 3 is 2.67 bits per heavy atom. The monoisotopic (exact) mass is 329 g/mol. The van der Waals surface area contributed by atoms with Crippen molar-refractivity contribution in [1.29, 1.82) is 0 Å². The number of nitrogens with zero attached hydrogens (tertiary/aromatic N) is 4. The van der Waals surface area contributed by atoms with Gasteiger partial charge in [-0.15, -0.1) is 0 Å². The second-order valence-electron chi connectivity index (χ2n) is 5.96. The summed E-state index contributed by atoms with van der Waals surface area (Å²) in [6, 6.07) is 5.83. The van der Waals surface area contributed by atoms with Crippen molar-refractivity contribution < 1.29 is 9.47 Å². The Morgan fingerprint density at radius 1 is 1.21 bits per heavy atom. The van der Waals surface area contributed by atoms with E-state index in [1.807, 2.05) is 12.3 Å². The molecule has 2 atom stereocenters. The lowest BCUT2D eigenvalue weighted by molar-refractivity contribution is -0.00545. The van der Waals surface area contributed by atoms with Crippen molar-refractivity contribution in [2.45, 2.75) is 32.6 Å². The zero-order valence-corrected chi connectivity index (χ0v) is 14.3. The summed E-state index contributed by atoms with van der Waals surface area (Å²) in [5.74, 6) is 2.06. The van der Waals surface area contributed by atoms with Crippen molar-refractivity contribution in [3.8, 4) is 5.88 Å². The van der Waals surface area contributed by atoms with Crippen molar-refractivity contribution >= 4 is 11.8 Å². The third kappa shape index (κ3) is 4.11. The molecule has 0 aliphatic carbocycles. The highest BCUT2D eigenvalue weighted by atomic mass is 16.5. The van der Waals surface area contributed by atoms with E-state index >= 15 is 0 Å². The Bertz CT molecular complexity index is 654. The van der Waals surface area contributed by atoms with Gasteiger partial charge in [-0.1, -0.05) is 6.07 Å². The first-order valence-corrected chi connectivity index (χ1v) is 8.10. The summed E-state index contributed by atoms with van der Waals surface area (Å²) in [6.07, 6.45) is 3.99. The average Bonchev–Trinajstić information content (AvgIpc) is 2.60. The molecule has 0 spiro atoms. The minimum atomic E-state index is 0.224. The molecule has 7 nitrogen and oxygen atoms in total. The molecule has 7 heteroatoms. The third-order valence-corrected chi connectivity index (χ3v) is 3.84. The second-order valence-corrected chi connectivity index (χ2v) is 5.96.